The minimum absolute atomic E-state index is 0.113. The Morgan fingerprint density at radius 2 is 2.05 bits per heavy atom. The van der Waals surface area contributed by atoms with Gasteiger partial charge < -0.3 is 20.5 Å². The number of aliphatic hydroxyl groups is 1. The fourth-order valence-corrected chi connectivity index (χ4v) is 1.42. The van der Waals surface area contributed by atoms with Gasteiger partial charge in [0.1, 0.15) is 11.6 Å². The van der Waals surface area contributed by atoms with E-state index in [1.165, 1.54) is 25.3 Å². The highest BCUT2D eigenvalue weighted by Crippen LogP contribution is 2.20. The molecule has 1 atom stereocenters. The van der Waals surface area contributed by atoms with Gasteiger partial charge in [-0.2, -0.15) is 0 Å². The fourth-order valence-electron chi connectivity index (χ4n) is 1.42. The van der Waals surface area contributed by atoms with Gasteiger partial charge in [-0.25, -0.2) is 9.18 Å². The van der Waals surface area contributed by atoms with Gasteiger partial charge in [-0.1, -0.05) is 20.8 Å². The van der Waals surface area contributed by atoms with Crippen molar-refractivity contribution in [2.45, 2.75) is 26.9 Å². The third-order valence-corrected chi connectivity index (χ3v) is 2.82. The van der Waals surface area contributed by atoms with Crippen molar-refractivity contribution < 1.29 is 19.0 Å². The lowest BCUT2D eigenvalue weighted by atomic mass is 9.89. The quantitative estimate of drug-likeness (QED) is 0.795. The maximum absolute atomic E-state index is 13.2. The average Bonchev–Trinajstić information content (AvgIpc) is 2.33. The Hall–Kier alpha value is -1.82. The van der Waals surface area contributed by atoms with E-state index in [9.17, 15) is 14.3 Å². The summed E-state index contributed by atoms with van der Waals surface area (Å²) >= 11 is 0. The van der Waals surface area contributed by atoms with Crippen molar-refractivity contribution in [1.82, 2.24) is 5.32 Å². The number of halogens is 1. The first-order valence-electron chi connectivity index (χ1n) is 6.30. The van der Waals surface area contributed by atoms with Gasteiger partial charge in [0, 0.05) is 24.4 Å². The highest BCUT2D eigenvalue weighted by molar-refractivity contribution is 5.89. The van der Waals surface area contributed by atoms with E-state index in [2.05, 4.69) is 10.6 Å². The van der Waals surface area contributed by atoms with Crippen LogP contribution in [0, 0.1) is 11.2 Å². The summed E-state index contributed by atoms with van der Waals surface area (Å²) in [5, 5.41) is 14.8. The smallest absolute Gasteiger partial charge is 0.319 e. The molecule has 0 bridgehead atoms. The van der Waals surface area contributed by atoms with Crippen LogP contribution in [0.25, 0.3) is 0 Å². The highest BCUT2D eigenvalue weighted by atomic mass is 19.1. The third-order valence-electron chi connectivity index (χ3n) is 2.82. The second-order valence-corrected chi connectivity index (χ2v) is 5.60. The Kier molecular flexibility index (Phi) is 5.33. The fraction of sp³-hybridized carbons (Fsp3) is 0.500. The second-order valence-electron chi connectivity index (χ2n) is 5.60. The Balaban J connectivity index is 2.57. The number of hydrogen-bond acceptors (Lipinski definition) is 3. The summed E-state index contributed by atoms with van der Waals surface area (Å²) in [6, 6.07) is 3.39. The van der Waals surface area contributed by atoms with Crippen LogP contribution in [0.15, 0.2) is 18.2 Å². The summed E-state index contributed by atoms with van der Waals surface area (Å²) in [6.07, 6.45) is -0.671. The van der Waals surface area contributed by atoms with Crippen LogP contribution in [0.2, 0.25) is 0 Å². The van der Waals surface area contributed by atoms with E-state index in [1.54, 1.807) is 0 Å². The third kappa shape index (κ3) is 5.05. The van der Waals surface area contributed by atoms with E-state index in [4.69, 9.17) is 4.74 Å². The molecule has 0 saturated heterocycles. The molecule has 5 nitrogen and oxygen atoms in total. The molecule has 0 saturated carbocycles. The van der Waals surface area contributed by atoms with E-state index in [0.717, 1.165) is 0 Å². The van der Waals surface area contributed by atoms with E-state index in [0.29, 0.717) is 5.75 Å². The number of amides is 2. The molecule has 1 rings (SSSR count). The molecular weight excluding hydrogens is 263 g/mol. The lowest BCUT2D eigenvalue weighted by Gasteiger charge is -2.25. The maximum atomic E-state index is 13.2. The van der Waals surface area contributed by atoms with E-state index < -0.39 is 18.0 Å². The first-order valence-corrected chi connectivity index (χ1v) is 6.30. The molecule has 0 aliphatic heterocycles. The molecule has 20 heavy (non-hydrogen) atoms. The molecule has 0 spiro atoms. The van der Waals surface area contributed by atoms with Crippen LogP contribution < -0.4 is 15.4 Å². The van der Waals surface area contributed by atoms with Crippen molar-refractivity contribution >= 4 is 11.7 Å². The highest BCUT2D eigenvalue weighted by Gasteiger charge is 2.22. The minimum atomic E-state index is -0.671. The van der Waals surface area contributed by atoms with E-state index in [-0.39, 0.29) is 17.6 Å². The average molecular weight is 284 g/mol. The van der Waals surface area contributed by atoms with Gasteiger partial charge in [0.15, 0.2) is 0 Å². The topological polar surface area (TPSA) is 70.6 Å². The Bertz CT molecular complexity index is 472. The van der Waals surface area contributed by atoms with Crippen molar-refractivity contribution in [3.63, 3.8) is 0 Å². The van der Waals surface area contributed by atoms with Gasteiger partial charge >= 0.3 is 6.03 Å². The van der Waals surface area contributed by atoms with Gasteiger partial charge in [-0.3, -0.25) is 0 Å². The molecule has 0 fully saturated rings. The molecule has 0 aliphatic rings. The molecule has 1 unspecified atom stereocenters. The van der Waals surface area contributed by atoms with E-state index >= 15 is 0 Å². The number of carbonyl (C=O) groups is 1. The van der Waals surface area contributed by atoms with Crippen LogP contribution in [0.3, 0.4) is 0 Å². The lowest BCUT2D eigenvalue weighted by Crippen LogP contribution is -2.40. The van der Waals surface area contributed by atoms with Gasteiger partial charge in [0.25, 0.3) is 0 Å². The number of ether oxygens (including phenoxy) is 1. The number of urea groups is 1. The standard InChI is InChI=1S/C14H21FN2O3/c1-14(2,3)12(18)8-16-13(19)17-10-5-9(15)6-11(7-10)20-4/h5-7,12,18H,8H2,1-4H3,(H2,16,17,19). The first kappa shape index (κ1) is 16.2. The summed E-state index contributed by atoms with van der Waals surface area (Å²) in [5.74, 6) is -0.190. The molecule has 1 aromatic rings. The monoisotopic (exact) mass is 284 g/mol. The molecule has 6 heteroatoms. The van der Waals surface area contributed by atoms with Gasteiger partial charge in [-0.15, -0.1) is 0 Å². The number of hydrogen-bond donors (Lipinski definition) is 3. The van der Waals surface area contributed by atoms with Crippen LogP contribution in [-0.2, 0) is 0 Å². The first-order chi connectivity index (χ1) is 9.22. The van der Waals surface area contributed by atoms with Crippen molar-refractivity contribution in [3.8, 4) is 5.75 Å². The molecule has 0 aliphatic carbocycles. The zero-order valence-corrected chi connectivity index (χ0v) is 12.2. The Morgan fingerprint density at radius 3 is 2.60 bits per heavy atom. The number of benzene rings is 1. The van der Waals surface area contributed by atoms with Crippen LogP contribution >= 0.6 is 0 Å². The Morgan fingerprint density at radius 1 is 1.40 bits per heavy atom. The summed E-state index contributed by atoms with van der Waals surface area (Å²) in [6.45, 7) is 5.72. The molecular formula is C14H21FN2O3. The molecule has 2 amide bonds. The Labute approximate surface area is 118 Å². The van der Waals surface area contributed by atoms with E-state index in [1.807, 2.05) is 20.8 Å². The SMILES string of the molecule is COc1cc(F)cc(NC(=O)NCC(O)C(C)(C)C)c1. The summed E-state index contributed by atoms with van der Waals surface area (Å²) in [7, 11) is 1.41. The summed E-state index contributed by atoms with van der Waals surface area (Å²) in [5.41, 5.74) is -0.0420. The van der Waals surface area contributed by atoms with Crippen LogP contribution in [-0.4, -0.2) is 30.9 Å². The van der Waals surface area contributed by atoms with Crippen LogP contribution in [0.5, 0.6) is 5.75 Å². The largest absolute Gasteiger partial charge is 0.497 e. The number of aliphatic hydroxyl groups excluding tert-OH is 1. The molecule has 0 radical (unpaired) electrons. The minimum Gasteiger partial charge on any atom is -0.497 e. The maximum Gasteiger partial charge on any atom is 0.319 e. The van der Waals surface area contributed by atoms with Crippen molar-refractivity contribution in [3.05, 3.63) is 24.0 Å². The predicted octanol–water partition coefficient (Wildman–Crippen LogP) is 2.36. The number of carbonyl (C=O) groups excluding carboxylic acids is 1. The molecule has 1 aromatic carbocycles. The predicted molar refractivity (Wildman–Crippen MR) is 75.4 cm³/mol. The molecule has 0 heterocycles. The number of nitrogens with one attached hydrogen (secondary N) is 2. The van der Waals surface area contributed by atoms with Gasteiger partial charge in [-0.05, 0) is 11.5 Å². The normalized spacial score (nSPS) is 12.7. The molecule has 0 aromatic heterocycles. The number of anilines is 1. The van der Waals surface area contributed by atoms with Crippen LogP contribution in [0.4, 0.5) is 14.9 Å². The lowest BCUT2D eigenvalue weighted by molar-refractivity contribution is 0.0654. The van der Waals surface area contributed by atoms with Gasteiger partial charge in [0.2, 0.25) is 0 Å². The van der Waals surface area contributed by atoms with Crippen molar-refractivity contribution in [2.24, 2.45) is 5.41 Å². The molecule has 3 N–H and O–H groups in total. The van der Waals surface area contributed by atoms with Crippen molar-refractivity contribution in [1.29, 1.82) is 0 Å². The zero-order chi connectivity index (χ0) is 15.3. The van der Waals surface area contributed by atoms with Gasteiger partial charge in [0.05, 0.1) is 13.2 Å². The summed E-state index contributed by atoms with van der Waals surface area (Å²) < 4.78 is 18.2. The number of rotatable bonds is 4. The van der Waals surface area contributed by atoms with Crippen LogP contribution in [0.1, 0.15) is 20.8 Å². The second kappa shape index (κ2) is 6.56. The molecule has 112 valence electrons. The summed E-state index contributed by atoms with van der Waals surface area (Å²) in [4.78, 5) is 11.7. The zero-order valence-electron chi connectivity index (χ0n) is 12.2. The van der Waals surface area contributed by atoms with Crippen molar-refractivity contribution in [2.75, 3.05) is 19.0 Å². The number of methoxy groups -OCH3 is 1.